The molecule has 0 aromatic heterocycles. The van der Waals surface area contributed by atoms with Crippen LogP contribution >= 0.6 is 0 Å². The van der Waals surface area contributed by atoms with E-state index in [0.717, 1.165) is 44.3 Å². The van der Waals surface area contributed by atoms with E-state index in [9.17, 15) is 0 Å². The molecule has 0 atom stereocenters. The highest BCUT2D eigenvalue weighted by molar-refractivity contribution is 5.79. The lowest BCUT2D eigenvalue weighted by atomic mass is 9.73. The van der Waals surface area contributed by atoms with E-state index < -0.39 is 0 Å². The summed E-state index contributed by atoms with van der Waals surface area (Å²) in [5, 5.41) is 6.47. The van der Waals surface area contributed by atoms with Gasteiger partial charge in [0.25, 0.3) is 0 Å². The second kappa shape index (κ2) is 7.31. The van der Waals surface area contributed by atoms with E-state index in [4.69, 9.17) is 9.47 Å². The standard InChI is InChI=1S/C16H25N3O2/c1-17-15(18-2)19-12-16(8-10-21-11-9-16)13-6-4-5-7-14(13)20-3/h4-7H,8-12H2,1-3H3,(H2,17,18,19). The van der Waals surface area contributed by atoms with Crippen LogP contribution in [0, 0.1) is 0 Å². The predicted molar refractivity (Wildman–Crippen MR) is 85.1 cm³/mol. The van der Waals surface area contributed by atoms with Crippen LogP contribution in [-0.4, -0.2) is 46.9 Å². The van der Waals surface area contributed by atoms with Crippen molar-refractivity contribution in [3.8, 4) is 5.75 Å². The molecule has 5 nitrogen and oxygen atoms in total. The first-order chi connectivity index (χ1) is 10.3. The van der Waals surface area contributed by atoms with Gasteiger partial charge in [-0.05, 0) is 18.9 Å². The number of hydrogen-bond acceptors (Lipinski definition) is 3. The van der Waals surface area contributed by atoms with Crippen LogP contribution in [-0.2, 0) is 10.2 Å². The van der Waals surface area contributed by atoms with Crippen molar-refractivity contribution < 1.29 is 9.47 Å². The van der Waals surface area contributed by atoms with E-state index in [2.05, 4.69) is 27.8 Å². The molecule has 1 aliphatic rings. The van der Waals surface area contributed by atoms with Crippen LogP contribution in [0.3, 0.4) is 0 Å². The summed E-state index contributed by atoms with van der Waals surface area (Å²) in [4.78, 5) is 4.19. The molecule has 0 bridgehead atoms. The zero-order valence-corrected chi connectivity index (χ0v) is 13.1. The highest BCUT2D eigenvalue weighted by atomic mass is 16.5. The number of methoxy groups -OCH3 is 1. The van der Waals surface area contributed by atoms with Gasteiger partial charge in [0.05, 0.1) is 7.11 Å². The molecular formula is C16H25N3O2. The van der Waals surface area contributed by atoms with Crippen molar-refractivity contribution in [2.24, 2.45) is 4.99 Å². The van der Waals surface area contributed by atoms with E-state index in [-0.39, 0.29) is 5.41 Å². The minimum absolute atomic E-state index is 0.0116. The fourth-order valence-electron chi connectivity index (χ4n) is 2.92. The normalized spacial score (nSPS) is 18.1. The highest BCUT2D eigenvalue weighted by Gasteiger charge is 2.36. The van der Waals surface area contributed by atoms with Crippen molar-refractivity contribution in [2.45, 2.75) is 18.3 Å². The third-order valence-corrected chi connectivity index (χ3v) is 4.18. The van der Waals surface area contributed by atoms with Crippen molar-refractivity contribution in [3.05, 3.63) is 29.8 Å². The molecule has 21 heavy (non-hydrogen) atoms. The molecule has 0 aliphatic carbocycles. The smallest absolute Gasteiger partial charge is 0.190 e. The second-order valence-corrected chi connectivity index (χ2v) is 5.27. The van der Waals surface area contributed by atoms with Crippen LogP contribution in [0.25, 0.3) is 0 Å². The number of ether oxygens (including phenoxy) is 2. The topological polar surface area (TPSA) is 54.9 Å². The number of guanidine groups is 1. The number of hydrogen-bond donors (Lipinski definition) is 2. The fraction of sp³-hybridized carbons (Fsp3) is 0.562. The maximum absolute atomic E-state index is 5.57. The summed E-state index contributed by atoms with van der Waals surface area (Å²) in [5.41, 5.74) is 1.26. The number of para-hydroxylation sites is 1. The monoisotopic (exact) mass is 291 g/mol. The molecule has 2 N–H and O–H groups in total. The first-order valence-corrected chi connectivity index (χ1v) is 7.35. The van der Waals surface area contributed by atoms with Crippen LogP contribution < -0.4 is 15.4 Å². The van der Waals surface area contributed by atoms with Crippen molar-refractivity contribution in [1.82, 2.24) is 10.6 Å². The quantitative estimate of drug-likeness (QED) is 0.652. The highest BCUT2D eigenvalue weighted by Crippen LogP contribution is 2.39. The van der Waals surface area contributed by atoms with Crippen LogP contribution in [0.15, 0.2) is 29.3 Å². The Morgan fingerprint density at radius 3 is 2.67 bits per heavy atom. The Hall–Kier alpha value is -1.75. The van der Waals surface area contributed by atoms with Crippen LogP contribution in [0.5, 0.6) is 5.75 Å². The van der Waals surface area contributed by atoms with Gasteiger partial charge in [-0.2, -0.15) is 0 Å². The van der Waals surface area contributed by atoms with Gasteiger partial charge in [-0.15, -0.1) is 0 Å². The van der Waals surface area contributed by atoms with Gasteiger partial charge in [-0.25, -0.2) is 0 Å². The molecule has 0 unspecified atom stereocenters. The molecule has 0 radical (unpaired) electrons. The first kappa shape index (κ1) is 15.6. The Morgan fingerprint density at radius 1 is 1.33 bits per heavy atom. The second-order valence-electron chi connectivity index (χ2n) is 5.27. The number of nitrogens with one attached hydrogen (secondary N) is 2. The maximum atomic E-state index is 5.57. The molecule has 1 aliphatic heterocycles. The minimum atomic E-state index is 0.0116. The van der Waals surface area contributed by atoms with Gasteiger partial charge in [-0.3, -0.25) is 4.99 Å². The third kappa shape index (κ3) is 3.47. The van der Waals surface area contributed by atoms with E-state index >= 15 is 0 Å². The zero-order chi connectivity index (χ0) is 15.1. The molecule has 116 valence electrons. The Bertz CT molecular complexity index is 482. The van der Waals surface area contributed by atoms with Gasteiger partial charge in [0.2, 0.25) is 0 Å². The van der Waals surface area contributed by atoms with Gasteiger partial charge in [0, 0.05) is 44.8 Å². The lowest BCUT2D eigenvalue weighted by Gasteiger charge is -2.39. The van der Waals surface area contributed by atoms with Gasteiger partial charge >= 0.3 is 0 Å². The first-order valence-electron chi connectivity index (χ1n) is 7.35. The molecule has 5 heteroatoms. The van der Waals surface area contributed by atoms with Crippen molar-refractivity contribution in [1.29, 1.82) is 0 Å². The summed E-state index contributed by atoms with van der Waals surface area (Å²) in [5.74, 6) is 1.75. The molecular weight excluding hydrogens is 266 g/mol. The van der Waals surface area contributed by atoms with Gasteiger partial charge < -0.3 is 20.1 Å². The maximum Gasteiger partial charge on any atom is 0.190 e. The summed E-state index contributed by atoms with van der Waals surface area (Å²) < 4.78 is 11.1. The summed E-state index contributed by atoms with van der Waals surface area (Å²) in [6, 6.07) is 8.27. The van der Waals surface area contributed by atoms with E-state index in [1.165, 1.54) is 5.56 Å². The van der Waals surface area contributed by atoms with Crippen LogP contribution in [0.2, 0.25) is 0 Å². The van der Waals surface area contributed by atoms with E-state index in [0.29, 0.717) is 0 Å². The van der Waals surface area contributed by atoms with Crippen LogP contribution in [0.1, 0.15) is 18.4 Å². The lowest BCUT2D eigenvalue weighted by Crippen LogP contribution is -2.47. The number of aliphatic imine (C=N–C) groups is 1. The number of rotatable bonds is 4. The predicted octanol–water partition coefficient (Wildman–Crippen LogP) is 1.54. The van der Waals surface area contributed by atoms with Crippen molar-refractivity contribution in [2.75, 3.05) is 41.0 Å². The Labute approximate surface area is 126 Å². The largest absolute Gasteiger partial charge is 0.496 e. The molecule has 1 saturated heterocycles. The lowest BCUT2D eigenvalue weighted by molar-refractivity contribution is 0.0505. The van der Waals surface area contributed by atoms with Gasteiger partial charge in [0.1, 0.15) is 5.75 Å². The Balaban J connectivity index is 2.28. The molecule has 0 saturated carbocycles. The van der Waals surface area contributed by atoms with Gasteiger partial charge in [0.15, 0.2) is 5.96 Å². The molecule has 1 fully saturated rings. The van der Waals surface area contributed by atoms with E-state index in [1.807, 2.05) is 19.2 Å². The van der Waals surface area contributed by atoms with Gasteiger partial charge in [-0.1, -0.05) is 18.2 Å². The minimum Gasteiger partial charge on any atom is -0.496 e. The zero-order valence-electron chi connectivity index (χ0n) is 13.1. The molecule has 1 heterocycles. The molecule has 1 aromatic rings. The van der Waals surface area contributed by atoms with Crippen LogP contribution in [0.4, 0.5) is 0 Å². The average Bonchev–Trinajstić information content (AvgIpc) is 2.56. The number of nitrogens with zero attached hydrogens (tertiary/aromatic N) is 1. The Morgan fingerprint density at radius 2 is 2.05 bits per heavy atom. The fourth-order valence-corrected chi connectivity index (χ4v) is 2.92. The van der Waals surface area contributed by atoms with Crippen molar-refractivity contribution in [3.63, 3.8) is 0 Å². The SMILES string of the molecule is CN=C(NC)NCC1(c2ccccc2OC)CCOCC1. The molecule has 1 aromatic carbocycles. The summed E-state index contributed by atoms with van der Waals surface area (Å²) >= 11 is 0. The van der Waals surface area contributed by atoms with Crippen molar-refractivity contribution >= 4 is 5.96 Å². The summed E-state index contributed by atoms with van der Waals surface area (Å²) in [7, 11) is 5.37. The summed E-state index contributed by atoms with van der Waals surface area (Å²) in [6.07, 6.45) is 1.95. The Kier molecular flexibility index (Phi) is 5.44. The molecule has 0 spiro atoms. The number of benzene rings is 1. The summed E-state index contributed by atoms with van der Waals surface area (Å²) in [6.45, 7) is 2.36. The average molecular weight is 291 g/mol. The molecule has 0 amide bonds. The third-order valence-electron chi connectivity index (χ3n) is 4.18. The molecule has 2 rings (SSSR count). The van der Waals surface area contributed by atoms with E-state index in [1.54, 1.807) is 14.2 Å².